The molecule has 0 amide bonds. The first-order valence-electron chi connectivity index (χ1n) is 7.01. The maximum absolute atomic E-state index is 12.5. The zero-order valence-electron chi connectivity index (χ0n) is 12.8. The molecular weight excluding hydrogens is 387 g/mol. The fourth-order valence-corrected chi connectivity index (χ4v) is 3.19. The van der Waals surface area contributed by atoms with Crippen LogP contribution in [0.15, 0.2) is 29.6 Å². The van der Waals surface area contributed by atoms with Crippen LogP contribution in [0, 0.1) is 5.21 Å². The van der Waals surface area contributed by atoms with Gasteiger partial charge in [-0.05, 0) is 17.5 Å². The van der Waals surface area contributed by atoms with Gasteiger partial charge in [0, 0.05) is 13.0 Å². The number of thiophene rings is 1. The van der Waals surface area contributed by atoms with Crippen molar-refractivity contribution in [1.82, 2.24) is 4.98 Å². The lowest BCUT2D eigenvalue weighted by molar-refractivity contribution is -0.580. The number of carbonyl (C=O) groups is 2. The van der Waals surface area contributed by atoms with E-state index >= 15 is 0 Å². The fourth-order valence-electron chi connectivity index (χ4n) is 2.26. The molecule has 0 aliphatic carbocycles. The van der Waals surface area contributed by atoms with E-state index in [2.05, 4.69) is 4.98 Å². The van der Waals surface area contributed by atoms with E-state index < -0.39 is 11.8 Å². The molecule has 0 saturated carbocycles. The van der Waals surface area contributed by atoms with E-state index in [0.29, 0.717) is 9.61 Å². The van der Waals surface area contributed by atoms with Gasteiger partial charge in [0.1, 0.15) is 17.0 Å². The number of ether oxygens (including phenoxy) is 1. The number of hydrogen-bond acceptors (Lipinski definition) is 6. The third-order valence-corrected chi connectivity index (χ3v) is 4.94. The smallest absolute Gasteiger partial charge is 0.348 e. The number of halogens is 2. The van der Waals surface area contributed by atoms with E-state index in [1.165, 1.54) is 30.4 Å². The number of esters is 1. The van der Waals surface area contributed by atoms with Crippen LogP contribution < -0.4 is 4.73 Å². The minimum Gasteiger partial charge on any atom is -0.618 e. The first-order valence-corrected chi connectivity index (χ1v) is 8.65. The van der Waals surface area contributed by atoms with Crippen molar-refractivity contribution in [3.05, 3.63) is 61.2 Å². The molecule has 0 N–H and O–H groups in total. The minimum atomic E-state index is -0.557. The molecule has 0 fully saturated rings. The average Bonchev–Trinajstić information content (AvgIpc) is 3.08. The first-order chi connectivity index (χ1) is 11.9. The van der Waals surface area contributed by atoms with Crippen molar-refractivity contribution in [2.75, 3.05) is 0 Å². The van der Waals surface area contributed by atoms with E-state index in [9.17, 15) is 14.8 Å². The number of fused-ring (bicyclic) bond motifs is 1. The van der Waals surface area contributed by atoms with Gasteiger partial charge in [-0.25, -0.2) is 9.78 Å². The van der Waals surface area contributed by atoms with Crippen LogP contribution in [0.5, 0.6) is 0 Å². The van der Waals surface area contributed by atoms with Crippen LogP contribution in [0.25, 0.3) is 11.0 Å². The van der Waals surface area contributed by atoms with Gasteiger partial charge in [0.15, 0.2) is 5.69 Å². The van der Waals surface area contributed by atoms with Crippen molar-refractivity contribution >= 4 is 57.3 Å². The molecule has 128 valence electrons. The molecule has 0 unspecified atom stereocenters. The molecule has 6 nitrogen and oxygen atoms in total. The van der Waals surface area contributed by atoms with E-state index in [1.807, 2.05) is 0 Å². The lowest BCUT2D eigenvalue weighted by atomic mass is 10.2. The molecule has 9 heteroatoms. The van der Waals surface area contributed by atoms with Crippen molar-refractivity contribution in [2.45, 2.75) is 13.5 Å². The van der Waals surface area contributed by atoms with Crippen LogP contribution in [-0.2, 0) is 11.3 Å². The summed E-state index contributed by atoms with van der Waals surface area (Å²) in [6.45, 7) is 0.920. The molecule has 2 heterocycles. The van der Waals surface area contributed by atoms with Gasteiger partial charge >= 0.3 is 5.97 Å². The Labute approximate surface area is 156 Å². The molecule has 0 spiro atoms. The Bertz CT molecular complexity index is 990. The van der Waals surface area contributed by atoms with Crippen LogP contribution in [0.2, 0.25) is 10.0 Å². The average molecular weight is 397 g/mol. The van der Waals surface area contributed by atoms with Gasteiger partial charge in [0.05, 0.1) is 10.0 Å². The third kappa shape index (κ3) is 3.44. The van der Waals surface area contributed by atoms with E-state index in [4.69, 9.17) is 27.9 Å². The van der Waals surface area contributed by atoms with Gasteiger partial charge in [-0.15, -0.1) is 11.3 Å². The van der Waals surface area contributed by atoms with Crippen LogP contribution >= 0.6 is 34.5 Å². The van der Waals surface area contributed by atoms with Crippen molar-refractivity contribution < 1.29 is 19.1 Å². The summed E-state index contributed by atoms with van der Waals surface area (Å²) >= 11 is 13.1. The topological polar surface area (TPSA) is 83.2 Å². The number of ketones is 1. The quantitative estimate of drug-likeness (QED) is 0.290. The highest BCUT2D eigenvalue weighted by Gasteiger charge is 2.25. The fraction of sp³-hybridized carbons (Fsp3) is 0.125. The van der Waals surface area contributed by atoms with Crippen LogP contribution in [0.4, 0.5) is 0 Å². The van der Waals surface area contributed by atoms with Gasteiger partial charge in [-0.1, -0.05) is 29.3 Å². The number of aromatic nitrogens is 2. The highest BCUT2D eigenvalue weighted by Crippen LogP contribution is 2.26. The first kappa shape index (κ1) is 17.6. The summed E-state index contributed by atoms with van der Waals surface area (Å²) in [6, 6.07) is 6.09. The van der Waals surface area contributed by atoms with Crippen molar-refractivity contribution in [3.8, 4) is 0 Å². The second-order valence-electron chi connectivity index (χ2n) is 5.07. The maximum Gasteiger partial charge on any atom is 0.348 e. The Balaban J connectivity index is 2.04. The summed E-state index contributed by atoms with van der Waals surface area (Å²) in [5, 5.41) is 14.7. The predicted octanol–water partition coefficient (Wildman–Crippen LogP) is 3.80. The standard InChI is InChI=1S/C16H10Cl2N2O4S/c1-8(21)15-12(7-24-16(22)14-3-2-4-25-14)19-11-5-9(17)10(18)6-13(11)20(15)23/h2-6H,7H2,1H3. The normalized spacial score (nSPS) is 10.8. The molecular formula is C16H10Cl2N2O4S. The summed E-state index contributed by atoms with van der Waals surface area (Å²) in [6.07, 6.45) is 0. The van der Waals surface area contributed by atoms with Crippen LogP contribution in [-0.4, -0.2) is 16.7 Å². The Morgan fingerprint density at radius 3 is 2.68 bits per heavy atom. The number of nitrogens with zero attached hydrogens (tertiary/aromatic N) is 2. The summed E-state index contributed by atoms with van der Waals surface area (Å²) in [4.78, 5) is 28.5. The van der Waals surface area contributed by atoms with Gasteiger partial charge in [-0.2, -0.15) is 4.73 Å². The molecule has 25 heavy (non-hydrogen) atoms. The highest BCUT2D eigenvalue weighted by molar-refractivity contribution is 7.11. The maximum atomic E-state index is 12.5. The molecule has 1 aromatic carbocycles. The zero-order valence-corrected chi connectivity index (χ0v) is 15.1. The van der Waals surface area contributed by atoms with E-state index in [-0.39, 0.29) is 39.1 Å². The largest absolute Gasteiger partial charge is 0.618 e. The molecule has 0 atom stereocenters. The number of Topliss-reactive ketones (excluding diaryl/α,β-unsaturated/α-hetero) is 1. The SMILES string of the molecule is CC(=O)c1c(COC(=O)c2cccs2)nc2cc(Cl)c(Cl)cc2[n+]1[O-]. The van der Waals surface area contributed by atoms with Gasteiger partial charge < -0.3 is 9.94 Å². The molecule has 0 aliphatic rings. The third-order valence-electron chi connectivity index (χ3n) is 3.36. The van der Waals surface area contributed by atoms with Crippen molar-refractivity contribution in [2.24, 2.45) is 0 Å². The van der Waals surface area contributed by atoms with E-state index in [0.717, 1.165) is 0 Å². The van der Waals surface area contributed by atoms with Crippen molar-refractivity contribution in [3.63, 3.8) is 0 Å². The monoisotopic (exact) mass is 396 g/mol. The number of carbonyl (C=O) groups excluding carboxylic acids is 2. The zero-order chi connectivity index (χ0) is 18.1. The summed E-state index contributed by atoms with van der Waals surface area (Å²) < 4.78 is 5.60. The molecule has 0 aliphatic heterocycles. The van der Waals surface area contributed by atoms with Gasteiger partial charge in [0.25, 0.3) is 5.69 Å². The van der Waals surface area contributed by atoms with Crippen LogP contribution in [0.1, 0.15) is 32.8 Å². The Kier molecular flexibility index (Phi) is 4.89. The van der Waals surface area contributed by atoms with Crippen LogP contribution in [0.3, 0.4) is 0 Å². The molecule has 3 aromatic rings. The molecule has 0 bridgehead atoms. The number of benzene rings is 1. The molecule has 2 aromatic heterocycles. The Hall–Kier alpha value is -2.22. The summed E-state index contributed by atoms with van der Waals surface area (Å²) in [5.74, 6) is -1.06. The summed E-state index contributed by atoms with van der Waals surface area (Å²) in [7, 11) is 0. The second-order valence-corrected chi connectivity index (χ2v) is 6.83. The highest BCUT2D eigenvalue weighted by atomic mass is 35.5. The van der Waals surface area contributed by atoms with Gasteiger partial charge in [0.2, 0.25) is 11.3 Å². The van der Waals surface area contributed by atoms with E-state index in [1.54, 1.807) is 17.5 Å². The minimum absolute atomic E-state index is 0.0540. The molecule has 0 saturated heterocycles. The number of rotatable bonds is 4. The summed E-state index contributed by atoms with van der Waals surface area (Å²) in [5.41, 5.74) is 0.202. The lowest BCUT2D eigenvalue weighted by Gasteiger charge is -2.11. The number of hydrogen-bond donors (Lipinski definition) is 0. The molecule has 3 rings (SSSR count). The lowest BCUT2D eigenvalue weighted by Crippen LogP contribution is -2.37. The molecule has 0 radical (unpaired) electrons. The van der Waals surface area contributed by atoms with Gasteiger partial charge in [-0.3, -0.25) is 4.79 Å². The second kappa shape index (κ2) is 6.95. The Morgan fingerprint density at radius 2 is 2.04 bits per heavy atom. The predicted molar refractivity (Wildman–Crippen MR) is 94.2 cm³/mol. The Morgan fingerprint density at radius 1 is 1.32 bits per heavy atom. The van der Waals surface area contributed by atoms with Crippen molar-refractivity contribution in [1.29, 1.82) is 0 Å².